The first-order valence-corrected chi connectivity index (χ1v) is 7.47. The summed E-state index contributed by atoms with van der Waals surface area (Å²) in [6, 6.07) is 15.9. The maximum Gasteiger partial charge on any atom is 0.246 e. The molecule has 2 aromatic rings. The zero-order valence-corrected chi connectivity index (χ0v) is 12.9. The van der Waals surface area contributed by atoms with Crippen molar-refractivity contribution in [2.45, 2.75) is 19.4 Å². The molecule has 0 fully saturated rings. The van der Waals surface area contributed by atoms with Gasteiger partial charge in [0.05, 0.1) is 19.3 Å². The molecule has 0 bridgehead atoms. The quantitative estimate of drug-likeness (QED) is 0.942. The number of benzene rings is 2. The van der Waals surface area contributed by atoms with E-state index in [2.05, 4.69) is 18.3 Å². The Hall–Kier alpha value is -2.49. The minimum absolute atomic E-state index is 0.0726. The fourth-order valence-corrected chi connectivity index (χ4v) is 2.99. The molecule has 0 saturated carbocycles. The number of amides is 1. The van der Waals surface area contributed by atoms with Crippen LogP contribution < -0.4 is 15.0 Å². The lowest BCUT2D eigenvalue weighted by atomic mass is 10.1. The lowest BCUT2D eigenvalue weighted by Gasteiger charge is -2.23. The second-order valence-corrected chi connectivity index (χ2v) is 5.50. The van der Waals surface area contributed by atoms with Crippen LogP contribution in [0.1, 0.15) is 12.5 Å². The standard InChI is InChI=1S/C18H20N2O2/c1-13-11-14-7-3-5-9-16(14)20(13)18(21)12-19-15-8-4-6-10-17(15)22-2/h3-10,13,19H,11-12H2,1-2H3/t13-/m1/s1. The first-order valence-electron chi connectivity index (χ1n) is 7.47. The maximum atomic E-state index is 12.6. The Bertz CT molecular complexity index is 684. The monoisotopic (exact) mass is 296 g/mol. The van der Waals surface area contributed by atoms with Gasteiger partial charge in [0.2, 0.25) is 5.91 Å². The summed E-state index contributed by atoms with van der Waals surface area (Å²) in [5.74, 6) is 0.813. The number of carbonyl (C=O) groups is 1. The van der Waals surface area contributed by atoms with Crippen molar-refractivity contribution in [3.05, 3.63) is 54.1 Å². The van der Waals surface area contributed by atoms with Gasteiger partial charge in [0.25, 0.3) is 0 Å². The van der Waals surface area contributed by atoms with Crippen LogP contribution in [0.15, 0.2) is 48.5 Å². The van der Waals surface area contributed by atoms with Crippen molar-refractivity contribution in [3.8, 4) is 5.75 Å². The summed E-state index contributed by atoms with van der Waals surface area (Å²) in [5, 5.41) is 3.18. The third kappa shape index (κ3) is 2.64. The molecule has 1 N–H and O–H groups in total. The molecule has 0 aliphatic carbocycles. The van der Waals surface area contributed by atoms with Crippen molar-refractivity contribution >= 4 is 17.3 Å². The van der Waals surface area contributed by atoms with E-state index in [1.165, 1.54) is 5.56 Å². The van der Waals surface area contributed by atoms with E-state index in [0.29, 0.717) is 0 Å². The molecule has 4 nitrogen and oxygen atoms in total. The summed E-state index contributed by atoms with van der Waals surface area (Å²) in [4.78, 5) is 14.5. The number of hydrogen-bond donors (Lipinski definition) is 1. The van der Waals surface area contributed by atoms with Crippen LogP contribution in [0.25, 0.3) is 0 Å². The van der Waals surface area contributed by atoms with Crippen LogP contribution in [-0.2, 0) is 11.2 Å². The Morgan fingerprint density at radius 2 is 1.95 bits per heavy atom. The molecule has 4 heteroatoms. The average molecular weight is 296 g/mol. The molecule has 1 amide bonds. The number of nitrogens with one attached hydrogen (secondary N) is 1. The maximum absolute atomic E-state index is 12.6. The van der Waals surface area contributed by atoms with E-state index < -0.39 is 0 Å². The van der Waals surface area contributed by atoms with E-state index >= 15 is 0 Å². The van der Waals surface area contributed by atoms with Gasteiger partial charge >= 0.3 is 0 Å². The van der Waals surface area contributed by atoms with Crippen molar-refractivity contribution < 1.29 is 9.53 Å². The molecule has 22 heavy (non-hydrogen) atoms. The Morgan fingerprint density at radius 3 is 2.77 bits per heavy atom. The molecule has 3 rings (SSSR count). The van der Waals surface area contributed by atoms with Crippen molar-refractivity contribution in [3.63, 3.8) is 0 Å². The molecule has 0 saturated heterocycles. The summed E-state index contributed by atoms with van der Waals surface area (Å²) in [7, 11) is 1.63. The summed E-state index contributed by atoms with van der Waals surface area (Å²) in [5.41, 5.74) is 3.10. The number of fused-ring (bicyclic) bond motifs is 1. The van der Waals surface area contributed by atoms with Gasteiger partial charge in [0, 0.05) is 11.7 Å². The van der Waals surface area contributed by atoms with Crippen molar-refractivity contribution in [2.24, 2.45) is 0 Å². The molecule has 0 unspecified atom stereocenters. The Morgan fingerprint density at radius 1 is 1.23 bits per heavy atom. The van der Waals surface area contributed by atoms with Crippen LogP contribution in [-0.4, -0.2) is 25.6 Å². The molecule has 1 atom stereocenters. The molecular formula is C18H20N2O2. The highest BCUT2D eigenvalue weighted by Gasteiger charge is 2.30. The van der Waals surface area contributed by atoms with Crippen LogP contribution in [0.5, 0.6) is 5.75 Å². The highest BCUT2D eigenvalue weighted by Crippen LogP contribution is 2.32. The molecular weight excluding hydrogens is 276 g/mol. The number of nitrogens with zero attached hydrogens (tertiary/aromatic N) is 1. The Balaban J connectivity index is 1.73. The number of hydrogen-bond acceptors (Lipinski definition) is 3. The first-order chi connectivity index (χ1) is 10.7. The number of ether oxygens (including phenoxy) is 1. The number of methoxy groups -OCH3 is 1. The van der Waals surface area contributed by atoms with Gasteiger partial charge in [0.1, 0.15) is 5.75 Å². The summed E-state index contributed by atoms with van der Waals surface area (Å²) < 4.78 is 5.29. The van der Waals surface area contributed by atoms with E-state index in [-0.39, 0.29) is 18.5 Å². The van der Waals surface area contributed by atoms with E-state index in [1.54, 1.807) is 7.11 Å². The third-order valence-electron chi connectivity index (χ3n) is 4.01. The second-order valence-electron chi connectivity index (χ2n) is 5.50. The molecule has 1 heterocycles. The van der Waals surface area contributed by atoms with Gasteiger partial charge in [-0.3, -0.25) is 4.79 Å². The minimum Gasteiger partial charge on any atom is -0.495 e. The number of para-hydroxylation sites is 3. The predicted molar refractivity (Wildman–Crippen MR) is 88.6 cm³/mol. The van der Waals surface area contributed by atoms with Crippen LogP contribution in [0, 0.1) is 0 Å². The average Bonchev–Trinajstić information content (AvgIpc) is 2.88. The van der Waals surface area contributed by atoms with Crippen molar-refractivity contribution in [1.82, 2.24) is 0 Å². The number of anilines is 2. The van der Waals surface area contributed by atoms with Gasteiger partial charge in [0.15, 0.2) is 0 Å². The van der Waals surface area contributed by atoms with Crippen LogP contribution >= 0.6 is 0 Å². The van der Waals surface area contributed by atoms with Crippen molar-refractivity contribution in [2.75, 3.05) is 23.9 Å². The lowest BCUT2D eigenvalue weighted by molar-refractivity contribution is -0.117. The zero-order chi connectivity index (χ0) is 15.5. The Kier molecular flexibility index (Phi) is 4.00. The van der Waals surface area contributed by atoms with Crippen molar-refractivity contribution in [1.29, 1.82) is 0 Å². The van der Waals surface area contributed by atoms with Gasteiger partial charge in [-0.05, 0) is 37.1 Å². The second kappa shape index (κ2) is 6.10. The highest BCUT2D eigenvalue weighted by atomic mass is 16.5. The minimum atomic E-state index is 0.0726. The largest absolute Gasteiger partial charge is 0.495 e. The molecule has 1 aliphatic rings. The van der Waals surface area contributed by atoms with Crippen LogP contribution in [0.3, 0.4) is 0 Å². The number of carbonyl (C=O) groups excluding carboxylic acids is 1. The highest BCUT2D eigenvalue weighted by molar-refractivity contribution is 5.98. The van der Waals surface area contributed by atoms with Gasteiger partial charge in [-0.1, -0.05) is 30.3 Å². The molecule has 0 spiro atoms. The van der Waals surface area contributed by atoms with Gasteiger partial charge < -0.3 is 15.0 Å². The normalized spacial score (nSPS) is 16.3. The lowest BCUT2D eigenvalue weighted by Crippen LogP contribution is -2.39. The molecule has 0 radical (unpaired) electrons. The first kappa shape index (κ1) is 14.4. The number of rotatable bonds is 4. The van der Waals surface area contributed by atoms with E-state index in [4.69, 9.17) is 4.74 Å². The van der Waals surface area contributed by atoms with Crippen LogP contribution in [0.4, 0.5) is 11.4 Å². The van der Waals surface area contributed by atoms with E-state index in [9.17, 15) is 4.79 Å². The van der Waals surface area contributed by atoms with E-state index in [0.717, 1.165) is 23.5 Å². The van der Waals surface area contributed by atoms with Crippen LogP contribution in [0.2, 0.25) is 0 Å². The molecule has 0 aromatic heterocycles. The van der Waals surface area contributed by atoms with E-state index in [1.807, 2.05) is 47.4 Å². The fourth-order valence-electron chi connectivity index (χ4n) is 2.99. The Labute approximate surface area is 130 Å². The topological polar surface area (TPSA) is 41.6 Å². The van der Waals surface area contributed by atoms with Gasteiger partial charge in [-0.15, -0.1) is 0 Å². The molecule has 1 aliphatic heterocycles. The molecule has 2 aromatic carbocycles. The summed E-state index contributed by atoms with van der Waals surface area (Å²) in [6.07, 6.45) is 0.913. The summed E-state index contributed by atoms with van der Waals surface area (Å²) >= 11 is 0. The van der Waals surface area contributed by atoms with Gasteiger partial charge in [-0.2, -0.15) is 0 Å². The third-order valence-corrected chi connectivity index (χ3v) is 4.01. The van der Waals surface area contributed by atoms with Gasteiger partial charge in [-0.25, -0.2) is 0 Å². The SMILES string of the molecule is COc1ccccc1NCC(=O)N1c2ccccc2C[C@H]1C. The summed E-state index contributed by atoms with van der Waals surface area (Å²) in [6.45, 7) is 2.33. The fraction of sp³-hybridized carbons (Fsp3) is 0.278. The predicted octanol–water partition coefficient (Wildman–Crippen LogP) is 3.08. The molecule has 114 valence electrons. The smallest absolute Gasteiger partial charge is 0.246 e. The zero-order valence-electron chi connectivity index (χ0n) is 12.9.